The smallest absolute Gasteiger partial charge is 0.336 e. The van der Waals surface area contributed by atoms with Crippen molar-refractivity contribution in [3.8, 4) is 6.07 Å². The molecular weight excluding hydrogens is 138 g/mol. The van der Waals surface area contributed by atoms with Gasteiger partial charge in [-0.05, 0) is 37.1 Å². The van der Waals surface area contributed by atoms with Crippen LogP contribution in [0.4, 0.5) is 0 Å². The zero-order chi connectivity index (χ0) is 8.27. The fourth-order valence-corrected chi connectivity index (χ4v) is 0.864. The van der Waals surface area contributed by atoms with E-state index in [2.05, 4.69) is 11.1 Å². The van der Waals surface area contributed by atoms with Crippen LogP contribution in [0, 0.1) is 25.1 Å². The molecule has 0 atom stereocenters. The number of hydrogen-bond donors (Lipinski definition) is 0. The van der Waals surface area contributed by atoms with E-state index in [4.69, 9.17) is 0 Å². The molecule has 0 fully saturated rings. The second-order valence-corrected chi connectivity index (χ2v) is 2.50. The first-order valence-corrected chi connectivity index (χ1v) is 3.39. The number of aryl methyl sites for hydroxylation is 2. The molecule has 11 heavy (non-hydrogen) atoms. The van der Waals surface area contributed by atoms with Crippen molar-refractivity contribution >= 4 is 0 Å². The van der Waals surface area contributed by atoms with Crippen LogP contribution in [0.25, 0.3) is 5.01 Å². The Morgan fingerprint density at radius 2 is 2.00 bits per heavy atom. The van der Waals surface area contributed by atoms with Gasteiger partial charge < -0.3 is 5.21 Å². The molecule has 0 aliphatic carbocycles. The van der Waals surface area contributed by atoms with Gasteiger partial charge in [-0.25, -0.2) is 0 Å². The molecular formula is C9H9NO. The van der Waals surface area contributed by atoms with Gasteiger partial charge in [0.25, 0.3) is 0 Å². The Kier molecular flexibility index (Phi) is 2.12. The lowest BCUT2D eigenvalue weighted by molar-refractivity contribution is 1.33. The summed E-state index contributed by atoms with van der Waals surface area (Å²) >= 11 is 0. The normalized spacial score (nSPS) is 8.55. The molecule has 0 heterocycles. The minimum Gasteiger partial charge on any atom is -0.498 e. The van der Waals surface area contributed by atoms with Crippen molar-refractivity contribution in [2.45, 2.75) is 13.8 Å². The van der Waals surface area contributed by atoms with E-state index >= 15 is 0 Å². The molecule has 1 rings (SSSR count). The summed E-state index contributed by atoms with van der Waals surface area (Å²) in [6, 6.07) is 8.00. The highest BCUT2D eigenvalue weighted by atomic mass is 16.4. The van der Waals surface area contributed by atoms with Crippen molar-refractivity contribution in [1.82, 2.24) is 0 Å². The number of rotatable bonds is 0. The predicted octanol–water partition coefficient (Wildman–Crippen LogP) is 2.48. The molecule has 0 saturated carbocycles. The Labute approximate surface area is 65.9 Å². The van der Waals surface area contributed by atoms with Gasteiger partial charge in [0.05, 0.1) is 0 Å². The van der Waals surface area contributed by atoms with E-state index in [9.17, 15) is 5.21 Å². The highest BCUT2D eigenvalue weighted by molar-refractivity contribution is 5.38. The minimum absolute atomic E-state index is 0.739. The Hall–Kier alpha value is -1.49. The lowest BCUT2D eigenvalue weighted by Crippen LogP contribution is -1.81. The van der Waals surface area contributed by atoms with Crippen LogP contribution in [0.5, 0.6) is 0 Å². The van der Waals surface area contributed by atoms with Gasteiger partial charge in [0.2, 0.25) is 0 Å². The van der Waals surface area contributed by atoms with E-state index in [1.807, 2.05) is 32.0 Å². The molecule has 0 aromatic heterocycles. The van der Waals surface area contributed by atoms with E-state index in [1.54, 1.807) is 0 Å². The summed E-state index contributed by atoms with van der Waals surface area (Å²) in [7, 11) is 0. The van der Waals surface area contributed by atoms with Crippen LogP contribution in [0.1, 0.15) is 16.7 Å². The van der Waals surface area contributed by atoms with Gasteiger partial charge in [0.15, 0.2) is 0 Å². The van der Waals surface area contributed by atoms with Gasteiger partial charge in [-0.2, -0.15) is 0 Å². The first-order valence-electron chi connectivity index (χ1n) is 3.39. The maximum atomic E-state index is 9.81. The van der Waals surface area contributed by atoms with Crippen molar-refractivity contribution in [2.24, 2.45) is 0 Å². The monoisotopic (exact) mass is 147 g/mol. The molecule has 1 aromatic carbocycles. The van der Waals surface area contributed by atoms with Crippen molar-refractivity contribution in [3.63, 3.8) is 0 Å². The third-order valence-electron chi connectivity index (χ3n) is 1.68. The molecule has 2 nitrogen and oxygen atoms in total. The summed E-state index contributed by atoms with van der Waals surface area (Å²) in [6.45, 7) is 4.01. The first kappa shape index (κ1) is 7.62. The topological polar surface area (TPSA) is 27.4 Å². The molecule has 0 N–H and O–H groups in total. The highest BCUT2D eigenvalue weighted by Gasteiger charge is 1.96. The Morgan fingerprint density at radius 1 is 1.27 bits per heavy atom. The number of nitrogens with zero attached hydrogens (tertiary/aromatic N) is 1. The Bertz CT molecular complexity index is 320. The Morgan fingerprint density at radius 3 is 2.55 bits per heavy atom. The van der Waals surface area contributed by atoms with Gasteiger partial charge in [-0.15, -0.1) is 0 Å². The average Bonchev–Trinajstić information content (AvgIpc) is 1.98. The average molecular weight is 147 g/mol. The van der Waals surface area contributed by atoms with Crippen LogP contribution in [-0.4, -0.2) is 0 Å². The van der Waals surface area contributed by atoms with Gasteiger partial charge in [-0.1, -0.05) is 6.07 Å². The minimum atomic E-state index is 0.739. The molecule has 1 aromatic rings. The highest BCUT2D eigenvalue weighted by Crippen LogP contribution is 2.08. The second-order valence-electron chi connectivity index (χ2n) is 2.50. The predicted molar refractivity (Wildman–Crippen MR) is 45.6 cm³/mol. The lowest BCUT2D eigenvalue weighted by Gasteiger charge is -1.95. The molecule has 0 spiro atoms. The van der Waals surface area contributed by atoms with Crippen LogP contribution < -0.4 is 0 Å². The maximum absolute atomic E-state index is 9.81. The van der Waals surface area contributed by atoms with Crippen molar-refractivity contribution < 1.29 is 0 Å². The fourth-order valence-electron chi connectivity index (χ4n) is 0.864. The van der Waals surface area contributed by atoms with Crippen LogP contribution in [-0.2, 0) is 0 Å². The molecule has 0 radical (unpaired) electrons. The van der Waals surface area contributed by atoms with Crippen LogP contribution >= 0.6 is 0 Å². The summed E-state index contributed by atoms with van der Waals surface area (Å²) < 4.78 is 0. The van der Waals surface area contributed by atoms with Gasteiger partial charge in [-0.3, -0.25) is 0 Å². The summed E-state index contributed by atoms with van der Waals surface area (Å²) in [5, 5.41) is 12.4. The molecule has 0 amide bonds. The van der Waals surface area contributed by atoms with E-state index in [0.717, 1.165) is 11.1 Å². The van der Waals surface area contributed by atoms with Crippen molar-refractivity contribution in [2.75, 3.05) is 0 Å². The SMILES string of the molecule is Cc1ccc(C#[N+][O-])cc1C. The lowest BCUT2D eigenvalue weighted by atomic mass is 10.1. The maximum Gasteiger partial charge on any atom is 0.336 e. The molecule has 56 valence electrons. The largest absolute Gasteiger partial charge is 0.498 e. The summed E-state index contributed by atoms with van der Waals surface area (Å²) in [4.78, 5) is 0. The molecule has 0 bridgehead atoms. The van der Waals surface area contributed by atoms with Gasteiger partial charge in [0, 0.05) is 5.01 Å². The molecule has 2 heteroatoms. The van der Waals surface area contributed by atoms with E-state index in [0.29, 0.717) is 0 Å². The third-order valence-corrected chi connectivity index (χ3v) is 1.68. The van der Waals surface area contributed by atoms with Crippen LogP contribution in [0.2, 0.25) is 0 Å². The van der Waals surface area contributed by atoms with Crippen molar-refractivity contribution in [1.29, 1.82) is 0 Å². The summed E-state index contributed by atoms with van der Waals surface area (Å²) in [5.41, 5.74) is 3.10. The summed E-state index contributed by atoms with van der Waals surface area (Å²) in [6.07, 6.45) is 0. The summed E-state index contributed by atoms with van der Waals surface area (Å²) in [5.74, 6) is 0. The number of benzene rings is 1. The van der Waals surface area contributed by atoms with Crippen molar-refractivity contribution in [3.05, 3.63) is 45.1 Å². The second kappa shape index (κ2) is 3.07. The first-order chi connectivity index (χ1) is 5.24. The van der Waals surface area contributed by atoms with Crippen LogP contribution in [0.15, 0.2) is 18.2 Å². The Balaban J connectivity index is 3.12. The van der Waals surface area contributed by atoms with E-state index < -0.39 is 0 Å². The molecule has 0 aliphatic rings. The zero-order valence-corrected chi connectivity index (χ0v) is 6.59. The van der Waals surface area contributed by atoms with Crippen LogP contribution in [0.3, 0.4) is 0 Å². The fraction of sp³-hybridized carbons (Fsp3) is 0.222. The third kappa shape index (κ3) is 1.71. The van der Waals surface area contributed by atoms with E-state index in [1.165, 1.54) is 5.56 Å². The standard InChI is InChI=1S/C9H9NO/c1-7-3-4-9(6-10-11)5-8(7)2/h3-5H,1-2H3. The molecule has 0 unspecified atom stereocenters. The molecule has 0 aliphatic heterocycles. The quantitative estimate of drug-likeness (QED) is 0.518. The van der Waals surface area contributed by atoms with Gasteiger partial charge >= 0.3 is 6.07 Å². The molecule has 0 saturated heterocycles. The number of hydrogen-bond acceptors (Lipinski definition) is 1. The van der Waals surface area contributed by atoms with Gasteiger partial charge in [0.1, 0.15) is 5.56 Å². The van der Waals surface area contributed by atoms with E-state index in [-0.39, 0.29) is 0 Å². The zero-order valence-electron chi connectivity index (χ0n) is 6.59.